The summed E-state index contributed by atoms with van der Waals surface area (Å²) in [7, 11) is 0. The van der Waals surface area contributed by atoms with Crippen molar-refractivity contribution in [3.8, 4) is 5.75 Å². The zero-order valence-corrected chi connectivity index (χ0v) is 16.6. The van der Waals surface area contributed by atoms with Crippen LogP contribution in [-0.2, 0) is 9.59 Å². The Kier molecular flexibility index (Phi) is 4.78. The molecule has 2 aromatic rings. The number of hydrogen-bond acceptors (Lipinski definition) is 5. The van der Waals surface area contributed by atoms with Gasteiger partial charge in [-0.05, 0) is 41.7 Å². The summed E-state index contributed by atoms with van der Waals surface area (Å²) < 4.78 is 5.36. The van der Waals surface area contributed by atoms with Gasteiger partial charge in [-0.15, -0.1) is 0 Å². The fourth-order valence-corrected chi connectivity index (χ4v) is 4.05. The molecule has 1 aliphatic heterocycles. The van der Waals surface area contributed by atoms with Crippen molar-refractivity contribution in [3.05, 3.63) is 65.4 Å². The molecule has 0 fully saturated rings. The van der Waals surface area contributed by atoms with Crippen LogP contribution in [0.25, 0.3) is 0 Å². The number of rotatable bonds is 4. The Morgan fingerprint density at radius 3 is 2.48 bits per heavy atom. The number of carbonyl (C=O) groups is 2. The van der Waals surface area contributed by atoms with E-state index >= 15 is 0 Å². The molecule has 0 aromatic heterocycles. The summed E-state index contributed by atoms with van der Waals surface area (Å²) in [5.74, 6) is 0.195. The fraction of sp³-hybridized carbons (Fsp3) is 0.304. The third kappa shape index (κ3) is 3.97. The van der Waals surface area contributed by atoms with Crippen LogP contribution in [-0.4, -0.2) is 18.3 Å². The van der Waals surface area contributed by atoms with E-state index in [1.165, 1.54) is 0 Å². The average Bonchev–Trinajstić information content (AvgIpc) is 2.82. The number of allylic oxidation sites excluding steroid dienone is 1. The first kappa shape index (κ1) is 19.1. The molecule has 1 aliphatic carbocycles. The number of benzene rings is 2. The van der Waals surface area contributed by atoms with Crippen LogP contribution in [0, 0.1) is 5.41 Å². The van der Waals surface area contributed by atoms with Crippen LogP contribution in [0.4, 0.5) is 11.4 Å². The van der Waals surface area contributed by atoms with E-state index in [9.17, 15) is 9.59 Å². The van der Waals surface area contributed by atoms with E-state index in [2.05, 4.69) is 24.5 Å². The second kappa shape index (κ2) is 7.28. The molecule has 6 nitrogen and oxygen atoms in total. The van der Waals surface area contributed by atoms with Gasteiger partial charge in [0.2, 0.25) is 0 Å². The first-order valence-corrected chi connectivity index (χ1v) is 9.72. The molecular formula is C23H25N3O3. The van der Waals surface area contributed by atoms with Gasteiger partial charge in [0.25, 0.3) is 5.91 Å². The Balaban J connectivity index is 1.74. The minimum atomic E-state index is -0.521. The van der Waals surface area contributed by atoms with E-state index in [1.807, 2.05) is 36.4 Å². The molecule has 2 aliphatic rings. The molecule has 1 amide bonds. The highest BCUT2D eigenvalue weighted by molar-refractivity contribution is 6.01. The number of primary amides is 1. The molecule has 4 rings (SSSR count). The molecule has 4 N–H and O–H groups in total. The molecule has 0 bridgehead atoms. The number of ketones is 1. The number of nitrogens with one attached hydrogen (secondary N) is 2. The lowest BCUT2D eigenvalue weighted by atomic mass is 9.73. The van der Waals surface area contributed by atoms with Crippen molar-refractivity contribution in [1.82, 2.24) is 0 Å². The summed E-state index contributed by atoms with van der Waals surface area (Å²) in [4.78, 5) is 24.1. The second-order valence-corrected chi connectivity index (χ2v) is 8.41. The molecule has 0 spiro atoms. The van der Waals surface area contributed by atoms with Gasteiger partial charge in [-0.2, -0.15) is 0 Å². The highest BCUT2D eigenvalue weighted by atomic mass is 16.5. The summed E-state index contributed by atoms with van der Waals surface area (Å²) in [5.41, 5.74) is 9.68. The lowest BCUT2D eigenvalue weighted by molar-refractivity contribution is -0.120. The number of ether oxygens (including phenoxy) is 1. The highest BCUT2D eigenvalue weighted by Gasteiger charge is 2.38. The number of hydrogen-bond donors (Lipinski definition) is 3. The Labute approximate surface area is 170 Å². The molecule has 1 heterocycles. The Morgan fingerprint density at radius 1 is 1.10 bits per heavy atom. The highest BCUT2D eigenvalue weighted by Crippen LogP contribution is 2.45. The van der Waals surface area contributed by atoms with Gasteiger partial charge in [-0.25, -0.2) is 0 Å². The van der Waals surface area contributed by atoms with Gasteiger partial charge >= 0.3 is 0 Å². The maximum atomic E-state index is 13.2. The topological polar surface area (TPSA) is 93.4 Å². The molecule has 0 radical (unpaired) electrons. The van der Waals surface area contributed by atoms with Crippen LogP contribution in [0.1, 0.15) is 38.3 Å². The van der Waals surface area contributed by atoms with Gasteiger partial charge in [0, 0.05) is 17.7 Å². The lowest BCUT2D eigenvalue weighted by Gasteiger charge is -2.34. The molecule has 0 saturated heterocycles. The van der Waals surface area contributed by atoms with E-state index in [0.29, 0.717) is 12.2 Å². The Bertz CT molecular complexity index is 993. The van der Waals surface area contributed by atoms with E-state index in [0.717, 1.165) is 34.6 Å². The van der Waals surface area contributed by atoms with Gasteiger partial charge in [0.1, 0.15) is 5.75 Å². The van der Waals surface area contributed by atoms with Crippen LogP contribution in [0.5, 0.6) is 5.75 Å². The number of fused-ring (bicyclic) bond motifs is 1. The SMILES string of the molecule is CC1(C)CC(=O)C2=C(C1)Nc1ccccc1N[C@H]2c1ccc(OCC(N)=O)cc1. The summed E-state index contributed by atoms with van der Waals surface area (Å²) in [6, 6.07) is 15.1. The third-order valence-corrected chi connectivity index (χ3v) is 5.32. The van der Waals surface area contributed by atoms with Crippen molar-refractivity contribution in [2.24, 2.45) is 11.1 Å². The van der Waals surface area contributed by atoms with Crippen LogP contribution in [0.3, 0.4) is 0 Å². The first-order valence-electron chi connectivity index (χ1n) is 9.72. The number of nitrogens with two attached hydrogens (primary N) is 1. The van der Waals surface area contributed by atoms with Crippen molar-refractivity contribution in [2.45, 2.75) is 32.7 Å². The predicted octanol–water partition coefficient (Wildman–Crippen LogP) is 3.77. The van der Waals surface area contributed by atoms with Crippen molar-refractivity contribution in [3.63, 3.8) is 0 Å². The van der Waals surface area contributed by atoms with Gasteiger partial charge in [-0.1, -0.05) is 38.1 Å². The number of anilines is 2. The number of Topliss-reactive ketones (excluding diaryl/α,β-unsaturated/α-hetero) is 1. The Hall–Kier alpha value is -3.28. The predicted molar refractivity (Wildman–Crippen MR) is 113 cm³/mol. The summed E-state index contributed by atoms with van der Waals surface area (Å²) in [5, 5.41) is 7.06. The third-order valence-electron chi connectivity index (χ3n) is 5.32. The van der Waals surface area contributed by atoms with Gasteiger partial charge < -0.3 is 21.1 Å². The lowest BCUT2D eigenvalue weighted by Crippen LogP contribution is -2.31. The zero-order valence-electron chi connectivity index (χ0n) is 16.6. The van der Waals surface area contributed by atoms with Crippen molar-refractivity contribution in [1.29, 1.82) is 0 Å². The standard InChI is InChI=1S/C23H25N3O3/c1-23(2)11-18-21(19(27)12-23)22(26-17-6-4-3-5-16(17)25-18)14-7-9-15(10-8-14)29-13-20(24)28/h3-10,22,25-26H,11-13H2,1-2H3,(H2,24,28)/t22-/m0/s1. The van der Waals surface area contributed by atoms with Crippen LogP contribution in [0.2, 0.25) is 0 Å². The first-order chi connectivity index (χ1) is 13.8. The monoisotopic (exact) mass is 391 g/mol. The molecule has 0 unspecified atom stereocenters. The normalized spacial score (nSPS) is 19.9. The van der Waals surface area contributed by atoms with E-state index in [4.69, 9.17) is 10.5 Å². The minimum Gasteiger partial charge on any atom is -0.484 e. The van der Waals surface area contributed by atoms with Crippen molar-refractivity contribution >= 4 is 23.1 Å². The van der Waals surface area contributed by atoms with Crippen molar-refractivity contribution < 1.29 is 14.3 Å². The molecule has 0 saturated carbocycles. The molecule has 29 heavy (non-hydrogen) atoms. The molecule has 150 valence electrons. The zero-order chi connectivity index (χ0) is 20.6. The summed E-state index contributed by atoms with van der Waals surface area (Å²) in [6.45, 7) is 4.09. The minimum absolute atomic E-state index is 0.0841. The van der Waals surface area contributed by atoms with E-state index in [1.54, 1.807) is 12.1 Å². The molecule has 2 aromatic carbocycles. The maximum Gasteiger partial charge on any atom is 0.255 e. The second-order valence-electron chi connectivity index (χ2n) is 8.41. The number of amides is 1. The van der Waals surface area contributed by atoms with E-state index < -0.39 is 5.91 Å². The molecule has 1 atom stereocenters. The smallest absolute Gasteiger partial charge is 0.255 e. The fourth-order valence-electron chi connectivity index (χ4n) is 4.05. The number of para-hydroxylation sites is 2. The quantitative estimate of drug-likeness (QED) is 0.738. The average molecular weight is 391 g/mol. The van der Waals surface area contributed by atoms with Crippen molar-refractivity contribution in [2.75, 3.05) is 17.2 Å². The summed E-state index contributed by atoms with van der Waals surface area (Å²) >= 11 is 0. The number of carbonyl (C=O) groups excluding carboxylic acids is 2. The van der Waals surface area contributed by atoms with Crippen LogP contribution >= 0.6 is 0 Å². The maximum absolute atomic E-state index is 13.2. The van der Waals surface area contributed by atoms with Gasteiger partial charge in [0.15, 0.2) is 12.4 Å². The van der Waals surface area contributed by atoms with Crippen LogP contribution in [0.15, 0.2) is 59.8 Å². The molecule has 6 heteroatoms. The summed E-state index contributed by atoms with van der Waals surface area (Å²) in [6.07, 6.45) is 1.32. The largest absolute Gasteiger partial charge is 0.484 e. The van der Waals surface area contributed by atoms with Crippen LogP contribution < -0.4 is 21.1 Å². The van der Waals surface area contributed by atoms with E-state index in [-0.39, 0.29) is 23.8 Å². The molecular weight excluding hydrogens is 366 g/mol. The van der Waals surface area contributed by atoms with Gasteiger partial charge in [-0.3, -0.25) is 9.59 Å². The van der Waals surface area contributed by atoms with Gasteiger partial charge in [0.05, 0.1) is 17.4 Å². The Morgan fingerprint density at radius 2 is 1.79 bits per heavy atom.